The number of carbonyl (C=O) groups is 2. The quantitative estimate of drug-likeness (QED) is 0.711. The molecule has 2 amide bonds. The zero-order valence-corrected chi connectivity index (χ0v) is 10.2. The van der Waals surface area contributed by atoms with Crippen molar-refractivity contribution in [3.8, 4) is 0 Å². The number of piperidine rings is 1. The smallest absolute Gasteiger partial charge is 0.226 e. The van der Waals surface area contributed by atoms with Gasteiger partial charge >= 0.3 is 0 Å². The summed E-state index contributed by atoms with van der Waals surface area (Å²) in [5.41, 5.74) is 0. The van der Waals surface area contributed by atoms with Crippen LogP contribution in [0.3, 0.4) is 0 Å². The third kappa shape index (κ3) is 3.19. The van der Waals surface area contributed by atoms with Crippen LogP contribution >= 0.6 is 0 Å². The summed E-state index contributed by atoms with van der Waals surface area (Å²) in [6.45, 7) is 0.968. The van der Waals surface area contributed by atoms with Gasteiger partial charge in [-0.1, -0.05) is 0 Å². The van der Waals surface area contributed by atoms with Crippen molar-refractivity contribution in [3.05, 3.63) is 0 Å². The maximum absolute atomic E-state index is 12.1. The van der Waals surface area contributed by atoms with Gasteiger partial charge in [0.2, 0.25) is 11.8 Å². The van der Waals surface area contributed by atoms with Crippen LogP contribution in [0.25, 0.3) is 0 Å². The minimum atomic E-state index is -0.402. The Labute approximate surface area is 101 Å². The Morgan fingerprint density at radius 1 is 1.53 bits per heavy atom. The molecule has 0 bridgehead atoms. The summed E-state index contributed by atoms with van der Waals surface area (Å²) in [5.74, 6) is 0.102. The van der Waals surface area contributed by atoms with Crippen LogP contribution in [0.5, 0.6) is 0 Å². The number of likely N-dealkylation sites (N-methyl/N-ethyl adjacent to an activating group) is 1. The first-order chi connectivity index (χ1) is 8.08. The minimum Gasteiger partial charge on any atom is -0.391 e. The summed E-state index contributed by atoms with van der Waals surface area (Å²) in [6.07, 6.45) is 2.71. The van der Waals surface area contributed by atoms with E-state index in [0.29, 0.717) is 25.4 Å². The van der Waals surface area contributed by atoms with Gasteiger partial charge in [0.25, 0.3) is 0 Å². The molecule has 0 aromatic rings. The molecule has 2 aliphatic rings. The van der Waals surface area contributed by atoms with Crippen molar-refractivity contribution in [2.75, 3.05) is 20.1 Å². The molecule has 0 aromatic carbocycles. The average Bonchev–Trinajstić information content (AvgIpc) is 3.11. The maximum Gasteiger partial charge on any atom is 0.226 e. The van der Waals surface area contributed by atoms with Gasteiger partial charge in [0.05, 0.1) is 6.10 Å². The molecule has 1 saturated carbocycles. The first kappa shape index (κ1) is 12.4. The number of nitrogens with zero attached hydrogens (tertiary/aromatic N) is 1. The van der Waals surface area contributed by atoms with E-state index < -0.39 is 6.10 Å². The number of hydrogen-bond donors (Lipinski definition) is 2. The molecule has 0 aromatic heterocycles. The van der Waals surface area contributed by atoms with Gasteiger partial charge in [-0.25, -0.2) is 0 Å². The van der Waals surface area contributed by atoms with Gasteiger partial charge in [-0.15, -0.1) is 0 Å². The van der Waals surface area contributed by atoms with Gasteiger partial charge in [-0.2, -0.15) is 0 Å². The molecule has 1 saturated heterocycles. The molecule has 2 fully saturated rings. The number of rotatable bonds is 4. The van der Waals surface area contributed by atoms with Gasteiger partial charge in [0, 0.05) is 32.5 Å². The molecule has 5 heteroatoms. The van der Waals surface area contributed by atoms with Crippen molar-refractivity contribution in [2.24, 2.45) is 11.8 Å². The Morgan fingerprint density at radius 3 is 2.82 bits per heavy atom. The van der Waals surface area contributed by atoms with E-state index in [2.05, 4.69) is 5.32 Å². The van der Waals surface area contributed by atoms with Gasteiger partial charge in [-0.05, 0) is 25.2 Å². The Bertz CT molecular complexity index is 315. The summed E-state index contributed by atoms with van der Waals surface area (Å²) >= 11 is 0. The second-order valence-corrected chi connectivity index (χ2v) is 5.16. The molecule has 5 nitrogen and oxygen atoms in total. The van der Waals surface area contributed by atoms with Crippen molar-refractivity contribution in [2.45, 2.75) is 31.8 Å². The van der Waals surface area contributed by atoms with Crippen molar-refractivity contribution in [3.63, 3.8) is 0 Å². The molecule has 2 rings (SSSR count). The fraction of sp³-hybridized carbons (Fsp3) is 0.833. The predicted molar refractivity (Wildman–Crippen MR) is 62.1 cm³/mol. The van der Waals surface area contributed by atoms with Crippen LogP contribution in [0.4, 0.5) is 0 Å². The lowest BCUT2D eigenvalue weighted by Gasteiger charge is -2.27. The summed E-state index contributed by atoms with van der Waals surface area (Å²) in [5, 5.41) is 12.5. The first-order valence-electron chi connectivity index (χ1n) is 6.27. The molecule has 2 N–H and O–H groups in total. The van der Waals surface area contributed by atoms with Crippen molar-refractivity contribution in [1.82, 2.24) is 10.2 Å². The maximum atomic E-state index is 12.1. The average molecular weight is 240 g/mol. The molecule has 2 unspecified atom stereocenters. The first-order valence-corrected chi connectivity index (χ1v) is 6.27. The molecule has 96 valence electrons. The minimum absolute atomic E-state index is 0.0143. The summed E-state index contributed by atoms with van der Waals surface area (Å²) in [6, 6.07) is 0. The molecular formula is C12H20N2O3. The number of aliphatic hydroxyl groups excluding tert-OH is 1. The van der Waals surface area contributed by atoms with Crippen LogP contribution < -0.4 is 5.32 Å². The molecule has 1 aliphatic heterocycles. The lowest BCUT2D eigenvalue weighted by Crippen LogP contribution is -2.44. The van der Waals surface area contributed by atoms with E-state index in [1.54, 1.807) is 11.9 Å². The highest BCUT2D eigenvalue weighted by Gasteiger charge is 2.33. The molecule has 17 heavy (non-hydrogen) atoms. The second kappa shape index (κ2) is 5.04. The molecule has 0 spiro atoms. The molecule has 2 atom stereocenters. The van der Waals surface area contributed by atoms with Crippen LogP contribution in [-0.2, 0) is 9.59 Å². The van der Waals surface area contributed by atoms with Crippen LogP contribution in [0.15, 0.2) is 0 Å². The van der Waals surface area contributed by atoms with Crippen molar-refractivity contribution < 1.29 is 14.7 Å². The highest BCUT2D eigenvalue weighted by molar-refractivity contribution is 5.86. The lowest BCUT2D eigenvalue weighted by atomic mass is 9.96. The fourth-order valence-electron chi connectivity index (χ4n) is 2.31. The second-order valence-electron chi connectivity index (χ2n) is 5.16. The third-order valence-electron chi connectivity index (χ3n) is 3.60. The molecule has 1 aliphatic carbocycles. The van der Waals surface area contributed by atoms with Gasteiger partial charge in [0.15, 0.2) is 0 Å². The highest BCUT2D eigenvalue weighted by Crippen LogP contribution is 2.32. The van der Waals surface area contributed by atoms with E-state index in [-0.39, 0.29) is 24.2 Å². The van der Waals surface area contributed by atoms with Crippen LogP contribution in [0.2, 0.25) is 0 Å². The normalized spacial score (nSPS) is 26.2. The SMILES string of the molecule is CN(CC(O)C1CC1)C(=O)C1CCNC(=O)C1. The van der Waals surface area contributed by atoms with E-state index in [9.17, 15) is 14.7 Å². The number of aliphatic hydroxyl groups is 1. The zero-order chi connectivity index (χ0) is 12.4. The Hall–Kier alpha value is -1.10. The molecular weight excluding hydrogens is 220 g/mol. The topological polar surface area (TPSA) is 69.6 Å². The Morgan fingerprint density at radius 2 is 2.24 bits per heavy atom. The zero-order valence-electron chi connectivity index (χ0n) is 10.2. The standard InChI is InChI=1S/C12H20N2O3/c1-14(7-10(15)8-2-3-8)12(17)9-4-5-13-11(16)6-9/h8-10,15H,2-7H2,1H3,(H,13,16). The highest BCUT2D eigenvalue weighted by atomic mass is 16.3. The summed E-state index contributed by atoms with van der Waals surface area (Å²) in [7, 11) is 1.71. The monoisotopic (exact) mass is 240 g/mol. The predicted octanol–water partition coefficient (Wildman–Crippen LogP) is -0.258. The van der Waals surface area contributed by atoms with Gasteiger partial charge in [0.1, 0.15) is 0 Å². The van der Waals surface area contributed by atoms with Gasteiger partial charge in [-0.3, -0.25) is 9.59 Å². The third-order valence-corrected chi connectivity index (χ3v) is 3.60. The number of nitrogens with one attached hydrogen (secondary N) is 1. The number of carbonyl (C=O) groups excluding carboxylic acids is 2. The van der Waals surface area contributed by atoms with Crippen molar-refractivity contribution >= 4 is 11.8 Å². The van der Waals surface area contributed by atoms with Crippen LogP contribution in [0, 0.1) is 11.8 Å². The largest absolute Gasteiger partial charge is 0.391 e. The Balaban J connectivity index is 1.82. The van der Waals surface area contributed by atoms with Crippen molar-refractivity contribution in [1.29, 1.82) is 0 Å². The van der Waals surface area contributed by atoms with Crippen LogP contribution in [0.1, 0.15) is 25.7 Å². The van der Waals surface area contributed by atoms with Gasteiger partial charge < -0.3 is 15.3 Å². The number of amides is 2. The van der Waals surface area contributed by atoms with E-state index >= 15 is 0 Å². The summed E-state index contributed by atoms with van der Waals surface area (Å²) < 4.78 is 0. The van der Waals surface area contributed by atoms with Crippen LogP contribution in [-0.4, -0.2) is 48.1 Å². The molecule has 1 heterocycles. The molecule has 0 radical (unpaired) electrons. The van der Waals surface area contributed by atoms with E-state index in [0.717, 1.165) is 12.8 Å². The fourth-order valence-corrected chi connectivity index (χ4v) is 2.31. The number of hydrogen-bond acceptors (Lipinski definition) is 3. The lowest BCUT2D eigenvalue weighted by molar-refractivity contribution is -0.140. The Kier molecular flexibility index (Phi) is 3.66. The summed E-state index contributed by atoms with van der Waals surface area (Å²) in [4.78, 5) is 24.8. The van der Waals surface area contributed by atoms with E-state index in [1.807, 2.05) is 0 Å². The van der Waals surface area contributed by atoms with E-state index in [1.165, 1.54) is 0 Å². The van der Waals surface area contributed by atoms with E-state index in [4.69, 9.17) is 0 Å².